The van der Waals surface area contributed by atoms with E-state index in [1.165, 1.54) is 0 Å². The molecule has 0 amide bonds. The SMILES string of the molecule is Cc1cc(OCC(=O)O)c2c(n1)=CC(Cl)C(C)C=2. The molecule has 0 aliphatic heterocycles. The summed E-state index contributed by atoms with van der Waals surface area (Å²) in [5.74, 6) is -0.288. The molecule has 2 atom stereocenters. The molecule has 1 aliphatic carbocycles. The highest BCUT2D eigenvalue weighted by Gasteiger charge is 2.16. The third kappa shape index (κ3) is 2.64. The summed E-state index contributed by atoms with van der Waals surface area (Å²) in [7, 11) is 0. The van der Waals surface area contributed by atoms with Crippen molar-refractivity contribution in [2.75, 3.05) is 6.61 Å². The number of carboxylic acid groups (broad SMARTS) is 1. The minimum atomic E-state index is -0.999. The predicted octanol–water partition coefficient (Wildman–Crippen LogP) is 0.672. The molecule has 0 radical (unpaired) electrons. The second kappa shape index (κ2) is 4.98. The smallest absolute Gasteiger partial charge is 0.341 e. The van der Waals surface area contributed by atoms with Crippen molar-refractivity contribution in [3.63, 3.8) is 0 Å². The highest BCUT2D eigenvalue weighted by Crippen LogP contribution is 2.16. The average Bonchev–Trinajstić information content (AvgIpc) is 2.28. The first-order chi connectivity index (χ1) is 8.47. The fourth-order valence-electron chi connectivity index (χ4n) is 1.89. The number of hydrogen-bond donors (Lipinski definition) is 1. The summed E-state index contributed by atoms with van der Waals surface area (Å²) in [4.78, 5) is 14.9. The van der Waals surface area contributed by atoms with Gasteiger partial charge < -0.3 is 9.84 Å². The Morgan fingerprint density at radius 1 is 1.56 bits per heavy atom. The number of aryl methyl sites for hydroxylation is 1. The number of hydrogen-bond acceptors (Lipinski definition) is 3. The van der Waals surface area contributed by atoms with Crippen LogP contribution < -0.4 is 15.3 Å². The Balaban J connectivity index is 2.52. The van der Waals surface area contributed by atoms with Crippen molar-refractivity contribution in [1.82, 2.24) is 4.98 Å². The van der Waals surface area contributed by atoms with Gasteiger partial charge in [0.05, 0.1) is 10.7 Å². The normalized spacial score (nSPS) is 21.5. The van der Waals surface area contributed by atoms with Gasteiger partial charge in [-0.05, 0) is 18.9 Å². The molecule has 4 nitrogen and oxygen atoms in total. The van der Waals surface area contributed by atoms with Crippen LogP contribution in [0, 0.1) is 12.8 Å². The van der Waals surface area contributed by atoms with Crippen LogP contribution >= 0.6 is 11.6 Å². The number of halogens is 1. The Labute approximate surface area is 110 Å². The van der Waals surface area contributed by atoms with E-state index >= 15 is 0 Å². The highest BCUT2D eigenvalue weighted by atomic mass is 35.5. The fourth-order valence-corrected chi connectivity index (χ4v) is 2.08. The molecule has 0 aromatic carbocycles. The Morgan fingerprint density at radius 2 is 2.28 bits per heavy atom. The van der Waals surface area contributed by atoms with Crippen molar-refractivity contribution in [1.29, 1.82) is 0 Å². The lowest BCUT2D eigenvalue weighted by Crippen LogP contribution is -2.37. The van der Waals surface area contributed by atoms with E-state index in [0.29, 0.717) is 5.75 Å². The number of rotatable bonds is 3. The van der Waals surface area contributed by atoms with Crippen LogP contribution in [0.5, 0.6) is 5.75 Å². The van der Waals surface area contributed by atoms with Gasteiger partial charge in [0.25, 0.3) is 0 Å². The molecule has 0 fully saturated rings. The first-order valence-electron chi connectivity index (χ1n) is 5.67. The van der Waals surface area contributed by atoms with Crippen LogP contribution in [0.1, 0.15) is 12.6 Å². The van der Waals surface area contributed by atoms with E-state index in [2.05, 4.69) is 4.98 Å². The largest absolute Gasteiger partial charge is 0.481 e. The monoisotopic (exact) mass is 267 g/mol. The van der Waals surface area contributed by atoms with E-state index in [-0.39, 0.29) is 17.9 Å². The van der Waals surface area contributed by atoms with Crippen LogP contribution in [0.2, 0.25) is 0 Å². The summed E-state index contributed by atoms with van der Waals surface area (Å²) in [5.41, 5.74) is 0.775. The van der Waals surface area contributed by atoms with Gasteiger partial charge in [-0.15, -0.1) is 11.6 Å². The van der Waals surface area contributed by atoms with Gasteiger partial charge in [-0.2, -0.15) is 0 Å². The van der Waals surface area contributed by atoms with E-state index in [4.69, 9.17) is 21.4 Å². The fraction of sp³-hybridized carbons (Fsp3) is 0.385. The summed E-state index contributed by atoms with van der Waals surface area (Å²) in [6, 6.07) is 1.74. The first kappa shape index (κ1) is 12.9. The molecular weight excluding hydrogens is 254 g/mol. The minimum absolute atomic E-state index is 0.0980. The van der Waals surface area contributed by atoms with Gasteiger partial charge in [-0.3, -0.25) is 4.98 Å². The van der Waals surface area contributed by atoms with Gasteiger partial charge in [0.2, 0.25) is 0 Å². The molecule has 18 heavy (non-hydrogen) atoms. The first-order valence-corrected chi connectivity index (χ1v) is 6.11. The van der Waals surface area contributed by atoms with Crippen LogP contribution in [-0.4, -0.2) is 28.0 Å². The van der Waals surface area contributed by atoms with E-state index in [0.717, 1.165) is 16.3 Å². The standard InChI is InChI=1S/C13H14ClNO3/c1-7-3-9-11(5-10(7)14)15-8(2)4-12(9)18-6-13(16)17/h3-5,7,10H,6H2,1-2H3,(H,16,17). The number of ether oxygens (including phenoxy) is 1. The lowest BCUT2D eigenvalue weighted by Gasteiger charge is -2.16. The molecular formula is C13H14ClNO3. The van der Waals surface area contributed by atoms with Crippen molar-refractivity contribution in [3.05, 3.63) is 22.3 Å². The maximum absolute atomic E-state index is 10.6. The van der Waals surface area contributed by atoms with E-state index in [9.17, 15) is 4.79 Å². The number of aromatic nitrogens is 1. The number of fused-ring (bicyclic) bond motifs is 1. The maximum atomic E-state index is 10.6. The van der Waals surface area contributed by atoms with Gasteiger partial charge in [0.15, 0.2) is 6.61 Å². The molecule has 0 saturated heterocycles. The van der Waals surface area contributed by atoms with Crippen LogP contribution in [0.25, 0.3) is 12.2 Å². The molecule has 5 heteroatoms. The number of alkyl halides is 1. The van der Waals surface area contributed by atoms with E-state index < -0.39 is 5.97 Å². The Hall–Kier alpha value is -1.55. The van der Waals surface area contributed by atoms with Crippen LogP contribution in [-0.2, 0) is 4.79 Å². The molecule has 0 spiro atoms. The zero-order chi connectivity index (χ0) is 13.3. The third-order valence-electron chi connectivity index (χ3n) is 2.78. The van der Waals surface area contributed by atoms with Crippen LogP contribution in [0.4, 0.5) is 0 Å². The number of aliphatic carboxylic acids is 1. The van der Waals surface area contributed by atoms with Crippen molar-refractivity contribution in [2.24, 2.45) is 5.92 Å². The van der Waals surface area contributed by atoms with Crippen LogP contribution in [0.3, 0.4) is 0 Å². The Bertz CT molecular complexity index is 597. The maximum Gasteiger partial charge on any atom is 0.341 e. The molecule has 0 saturated carbocycles. The van der Waals surface area contributed by atoms with Crippen molar-refractivity contribution >= 4 is 29.7 Å². The highest BCUT2D eigenvalue weighted by molar-refractivity contribution is 6.24. The summed E-state index contributed by atoms with van der Waals surface area (Å²) in [5, 5.41) is 10.1. The minimum Gasteiger partial charge on any atom is -0.481 e. The van der Waals surface area contributed by atoms with Gasteiger partial charge in [0.1, 0.15) is 5.75 Å². The van der Waals surface area contributed by atoms with Crippen molar-refractivity contribution in [2.45, 2.75) is 19.2 Å². The Morgan fingerprint density at radius 3 is 2.94 bits per heavy atom. The summed E-state index contributed by atoms with van der Waals surface area (Å²) >= 11 is 6.17. The van der Waals surface area contributed by atoms with E-state index in [1.807, 2.05) is 26.0 Å². The molecule has 1 heterocycles. The second-order valence-corrected chi connectivity index (χ2v) is 4.88. The zero-order valence-electron chi connectivity index (χ0n) is 10.2. The van der Waals surface area contributed by atoms with Gasteiger partial charge in [-0.1, -0.05) is 13.0 Å². The topological polar surface area (TPSA) is 59.4 Å². The number of carboxylic acids is 1. The molecule has 1 aromatic rings. The summed E-state index contributed by atoms with van der Waals surface area (Å²) < 4.78 is 5.30. The summed E-state index contributed by atoms with van der Waals surface area (Å²) in [6.45, 7) is 3.48. The lowest BCUT2D eigenvalue weighted by molar-refractivity contribution is -0.139. The van der Waals surface area contributed by atoms with Crippen LogP contribution in [0.15, 0.2) is 6.07 Å². The second-order valence-electron chi connectivity index (χ2n) is 4.38. The molecule has 1 N–H and O–H groups in total. The van der Waals surface area contributed by atoms with Gasteiger partial charge in [-0.25, -0.2) is 4.79 Å². The van der Waals surface area contributed by atoms with Gasteiger partial charge in [0, 0.05) is 17.0 Å². The average molecular weight is 268 g/mol. The molecule has 1 aliphatic rings. The number of carbonyl (C=O) groups is 1. The summed E-state index contributed by atoms with van der Waals surface area (Å²) in [6.07, 6.45) is 3.85. The quantitative estimate of drug-likeness (QED) is 0.818. The molecule has 96 valence electrons. The number of nitrogens with zero attached hydrogens (tertiary/aromatic N) is 1. The van der Waals surface area contributed by atoms with Gasteiger partial charge >= 0.3 is 5.97 Å². The molecule has 2 rings (SSSR count). The predicted molar refractivity (Wildman–Crippen MR) is 69.1 cm³/mol. The van der Waals surface area contributed by atoms with Crippen molar-refractivity contribution < 1.29 is 14.6 Å². The van der Waals surface area contributed by atoms with Crippen molar-refractivity contribution in [3.8, 4) is 5.75 Å². The number of pyridine rings is 1. The molecule has 0 bridgehead atoms. The molecule has 1 aromatic heterocycles. The zero-order valence-corrected chi connectivity index (χ0v) is 10.9. The molecule has 2 unspecified atom stereocenters. The Kier molecular flexibility index (Phi) is 3.57. The lowest BCUT2D eigenvalue weighted by atomic mass is 10.0. The van der Waals surface area contributed by atoms with E-state index in [1.54, 1.807) is 6.07 Å². The third-order valence-corrected chi connectivity index (χ3v) is 3.30.